The predicted octanol–water partition coefficient (Wildman–Crippen LogP) is 6.60. The third-order valence-electron chi connectivity index (χ3n) is 5.66. The van der Waals surface area contributed by atoms with E-state index in [1.54, 1.807) is 23.5 Å². The van der Waals surface area contributed by atoms with Crippen LogP contribution in [0.15, 0.2) is 59.0 Å². The van der Waals surface area contributed by atoms with Gasteiger partial charge in [0.2, 0.25) is 0 Å². The Labute approximate surface area is 199 Å². The van der Waals surface area contributed by atoms with Crippen molar-refractivity contribution in [3.8, 4) is 0 Å². The van der Waals surface area contributed by atoms with Gasteiger partial charge in [-0.2, -0.15) is 5.10 Å². The second-order valence-corrected chi connectivity index (χ2v) is 9.88. The van der Waals surface area contributed by atoms with Crippen molar-refractivity contribution in [2.75, 3.05) is 11.6 Å². The number of thiophene rings is 1. The molecule has 0 spiro atoms. The predicted molar refractivity (Wildman–Crippen MR) is 129 cm³/mol. The number of fused-ring (bicyclic) bond motifs is 1. The monoisotopic (exact) mass is 489 g/mol. The number of hydrazone groups is 1. The third-order valence-corrected chi connectivity index (χ3v) is 7.48. The number of rotatable bonds is 3. The number of amides is 1. The lowest BCUT2D eigenvalue weighted by molar-refractivity contribution is -0.125. The zero-order valence-corrected chi connectivity index (χ0v) is 19.5. The standard InChI is InChI=1S/C23H18Cl3N3OS/c24-16-3-1-14(2-4-16)21-12-19(27-29(21)20-6-5-17(25)11-18(20)26)23(30)28-9-7-22-15(13-28)8-10-31-22/h1-6,8,10-11,21H,7,9,12-13H2. The van der Waals surface area contributed by atoms with Gasteiger partial charge in [0.05, 0.1) is 16.8 Å². The number of anilines is 1. The fraction of sp³-hybridized carbons (Fsp3) is 0.217. The van der Waals surface area contributed by atoms with E-state index >= 15 is 0 Å². The first-order valence-corrected chi connectivity index (χ1v) is 11.9. The van der Waals surface area contributed by atoms with Gasteiger partial charge in [-0.05, 0) is 59.3 Å². The minimum Gasteiger partial charge on any atom is -0.333 e. The largest absolute Gasteiger partial charge is 0.333 e. The Morgan fingerprint density at radius 1 is 1.03 bits per heavy atom. The SMILES string of the molecule is O=C(C1=NN(c2ccc(Cl)cc2Cl)C(c2ccc(Cl)cc2)C1)N1CCc2sccc2C1. The Kier molecular flexibility index (Phi) is 5.69. The van der Waals surface area contributed by atoms with E-state index in [0.717, 1.165) is 12.0 Å². The van der Waals surface area contributed by atoms with Gasteiger partial charge in [0.1, 0.15) is 5.71 Å². The Morgan fingerprint density at radius 2 is 1.81 bits per heavy atom. The molecule has 8 heteroatoms. The zero-order chi connectivity index (χ0) is 21.5. The number of benzene rings is 2. The van der Waals surface area contributed by atoms with E-state index in [2.05, 4.69) is 11.4 Å². The van der Waals surface area contributed by atoms with Crippen LogP contribution < -0.4 is 5.01 Å². The van der Waals surface area contributed by atoms with Crippen molar-refractivity contribution in [2.45, 2.75) is 25.4 Å². The Balaban J connectivity index is 1.48. The molecule has 158 valence electrons. The van der Waals surface area contributed by atoms with Crippen molar-refractivity contribution in [3.63, 3.8) is 0 Å². The molecule has 1 atom stereocenters. The molecule has 1 aromatic heterocycles. The van der Waals surface area contributed by atoms with Crippen molar-refractivity contribution >= 4 is 63.4 Å². The lowest BCUT2D eigenvalue weighted by Crippen LogP contribution is -2.39. The van der Waals surface area contributed by atoms with Gasteiger partial charge in [-0.25, -0.2) is 0 Å². The summed E-state index contributed by atoms with van der Waals surface area (Å²) in [6.45, 7) is 1.34. The summed E-state index contributed by atoms with van der Waals surface area (Å²) < 4.78 is 0. The maximum atomic E-state index is 13.4. The molecule has 0 fully saturated rings. The smallest absolute Gasteiger partial charge is 0.270 e. The normalized spacial score (nSPS) is 18.2. The first kappa shape index (κ1) is 20.8. The fourth-order valence-electron chi connectivity index (χ4n) is 4.08. The number of hydrogen-bond acceptors (Lipinski definition) is 4. The minimum atomic E-state index is -0.156. The van der Waals surface area contributed by atoms with E-state index in [9.17, 15) is 4.79 Å². The third kappa shape index (κ3) is 4.08. The van der Waals surface area contributed by atoms with Crippen molar-refractivity contribution in [1.82, 2.24) is 4.90 Å². The summed E-state index contributed by atoms with van der Waals surface area (Å²) in [6, 6.07) is 14.9. The molecule has 31 heavy (non-hydrogen) atoms. The number of hydrogen-bond donors (Lipinski definition) is 0. The molecule has 2 aliphatic heterocycles. The molecule has 2 aliphatic rings. The van der Waals surface area contributed by atoms with Crippen molar-refractivity contribution < 1.29 is 4.79 Å². The number of carbonyl (C=O) groups is 1. The molecule has 2 aromatic carbocycles. The van der Waals surface area contributed by atoms with Crippen LogP contribution in [0.4, 0.5) is 5.69 Å². The summed E-state index contributed by atoms with van der Waals surface area (Å²) in [7, 11) is 0. The molecule has 3 aromatic rings. The summed E-state index contributed by atoms with van der Waals surface area (Å²) in [5, 5.41) is 10.4. The summed E-state index contributed by atoms with van der Waals surface area (Å²) in [5.41, 5.74) is 3.49. The van der Waals surface area contributed by atoms with Gasteiger partial charge in [0, 0.05) is 34.4 Å². The second-order valence-electron chi connectivity index (χ2n) is 7.60. The maximum absolute atomic E-state index is 13.4. The number of nitrogens with zero attached hydrogens (tertiary/aromatic N) is 3. The van der Waals surface area contributed by atoms with Crippen LogP contribution in [0.5, 0.6) is 0 Å². The molecule has 0 saturated heterocycles. The molecule has 1 amide bonds. The molecule has 0 bridgehead atoms. The highest BCUT2D eigenvalue weighted by atomic mass is 35.5. The Hall–Kier alpha value is -2.05. The molecule has 4 nitrogen and oxygen atoms in total. The van der Waals surface area contributed by atoms with Crippen molar-refractivity contribution in [2.24, 2.45) is 5.10 Å². The molecule has 0 N–H and O–H groups in total. The lowest BCUT2D eigenvalue weighted by Gasteiger charge is -2.26. The molecule has 1 unspecified atom stereocenters. The highest BCUT2D eigenvalue weighted by molar-refractivity contribution is 7.10. The van der Waals surface area contributed by atoms with Crippen LogP contribution in [0.1, 0.15) is 28.5 Å². The summed E-state index contributed by atoms with van der Waals surface area (Å²) >= 11 is 20.4. The molecule has 0 aliphatic carbocycles. The van der Waals surface area contributed by atoms with Gasteiger partial charge in [0.25, 0.3) is 5.91 Å². The average Bonchev–Trinajstić information content (AvgIpc) is 3.40. The van der Waals surface area contributed by atoms with Gasteiger partial charge in [-0.1, -0.05) is 46.9 Å². The number of halogens is 3. The molecular formula is C23H18Cl3N3OS. The first-order valence-electron chi connectivity index (χ1n) is 9.91. The Morgan fingerprint density at radius 3 is 2.58 bits per heavy atom. The topological polar surface area (TPSA) is 35.9 Å². The van der Waals surface area contributed by atoms with Gasteiger partial charge in [-0.15, -0.1) is 11.3 Å². The lowest BCUT2D eigenvalue weighted by atomic mass is 10.0. The average molecular weight is 491 g/mol. The van der Waals surface area contributed by atoms with E-state index < -0.39 is 0 Å². The molecule has 3 heterocycles. The van der Waals surface area contributed by atoms with Crippen molar-refractivity contribution in [1.29, 1.82) is 0 Å². The highest BCUT2D eigenvalue weighted by Gasteiger charge is 2.36. The van der Waals surface area contributed by atoms with Crippen LogP contribution in [0.3, 0.4) is 0 Å². The maximum Gasteiger partial charge on any atom is 0.270 e. The van der Waals surface area contributed by atoms with E-state index in [1.165, 1.54) is 10.4 Å². The van der Waals surface area contributed by atoms with Gasteiger partial charge in [-0.3, -0.25) is 9.80 Å². The van der Waals surface area contributed by atoms with Crippen LogP contribution in [0.2, 0.25) is 15.1 Å². The Bertz CT molecular complexity index is 1180. The van der Waals surface area contributed by atoms with Crippen molar-refractivity contribution in [3.05, 3.63) is 85.0 Å². The minimum absolute atomic E-state index is 0.0246. The summed E-state index contributed by atoms with van der Waals surface area (Å²) in [6.07, 6.45) is 1.38. The zero-order valence-electron chi connectivity index (χ0n) is 16.4. The van der Waals surface area contributed by atoms with Gasteiger partial charge < -0.3 is 4.90 Å². The molecular weight excluding hydrogens is 473 g/mol. The highest BCUT2D eigenvalue weighted by Crippen LogP contribution is 2.40. The number of carbonyl (C=O) groups excluding carboxylic acids is 1. The van der Waals surface area contributed by atoms with E-state index in [4.69, 9.17) is 39.9 Å². The van der Waals surface area contributed by atoms with E-state index in [0.29, 0.717) is 46.0 Å². The fourth-order valence-corrected chi connectivity index (χ4v) is 5.59. The molecule has 0 radical (unpaired) electrons. The van der Waals surface area contributed by atoms with Crippen LogP contribution in [-0.4, -0.2) is 23.1 Å². The van der Waals surface area contributed by atoms with E-state index in [-0.39, 0.29) is 11.9 Å². The summed E-state index contributed by atoms with van der Waals surface area (Å²) in [5.74, 6) is -0.0246. The molecule has 0 saturated carbocycles. The van der Waals surface area contributed by atoms with Crippen LogP contribution in [0.25, 0.3) is 0 Å². The quantitative estimate of drug-likeness (QED) is 0.414. The summed E-state index contributed by atoms with van der Waals surface area (Å²) in [4.78, 5) is 16.6. The van der Waals surface area contributed by atoms with Gasteiger partial charge in [0.15, 0.2) is 0 Å². The first-order chi connectivity index (χ1) is 15.0. The van der Waals surface area contributed by atoms with Gasteiger partial charge >= 0.3 is 0 Å². The molecule has 5 rings (SSSR count). The van der Waals surface area contributed by atoms with Crippen LogP contribution in [0, 0.1) is 0 Å². The van der Waals surface area contributed by atoms with E-state index in [1.807, 2.05) is 40.2 Å². The van der Waals surface area contributed by atoms with Crippen LogP contribution in [-0.2, 0) is 17.8 Å². The van der Waals surface area contributed by atoms with Crippen LogP contribution >= 0.6 is 46.1 Å². The second kappa shape index (κ2) is 8.47.